The van der Waals surface area contributed by atoms with E-state index in [9.17, 15) is 4.39 Å². The van der Waals surface area contributed by atoms with Crippen LogP contribution >= 0.6 is 0 Å². The molecule has 0 spiro atoms. The van der Waals surface area contributed by atoms with Crippen LogP contribution in [0.2, 0.25) is 0 Å². The van der Waals surface area contributed by atoms with Crippen molar-refractivity contribution in [2.24, 2.45) is 5.73 Å². The van der Waals surface area contributed by atoms with Crippen molar-refractivity contribution in [1.29, 1.82) is 0 Å². The van der Waals surface area contributed by atoms with Gasteiger partial charge in [-0.05, 0) is 50.2 Å². The summed E-state index contributed by atoms with van der Waals surface area (Å²) < 4.78 is 14.1. The lowest BCUT2D eigenvalue weighted by Crippen LogP contribution is -2.41. The maximum absolute atomic E-state index is 14.1. The molecular formula is C19H22FN. The minimum atomic E-state index is -0.513. The summed E-state index contributed by atoms with van der Waals surface area (Å²) >= 11 is 0. The van der Waals surface area contributed by atoms with Gasteiger partial charge in [0, 0.05) is 11.1 Å². The van der Waals surface area contributed by atoms with Gasteiger partial charge in [0.2, 0.25) is 0 Å². The van der Waals surface area contributed by atoms with Gasteiger partial charge >= 0.3 is 0 Å². The lowest BCUT2D eigenvalue weighted by atomic mass is 9.71. The van der Waals surface area contributed by atoms with Crippen molar-refractivity contribution >= 4 is 0 Å². The zero-order valence-corrected chi connectivity index (χ0v) is 12.5. The van der Waals surface area contributed by atoms with Gasteiger partial charge in [-0.1, -0.05) is 48.0 Å². The van der Waals surface area contributed by atoms with Crippen molar-refractivity contribution in [2.45, 2.75) is 44.1 Å². The Balaban J connectivity index is 1.79. The number of benzene rings is 2. The molecule has 1 fully saturated rings. The highest BCUT2D eigenvalue weighted by atomic mass is 19.1. The molecule has 0 radical (unpaired) electrons. The van der Waals surface area contributed by atoms with Crippen LogP contribution in [0, 0.1) is 12.7 Å². The molecule has 0 saturated heterocycles. The van der Waals surface area contributed by atoms with E-state index in [4.69, 9.17) is 5.73 Å². The standard InChI is InChI=1S/C19H22FN/c1-14-7-8-18(20)17(13-14)19(21)11-9-16(10-12-19)15-5-3-2-4-6-15/h2-8,13,16H,9-12,21H2,1H3. The molecule has 0 atom stereocenters. The molecule has 0 unspecified atom stereocenters. The number of nitrogens with two attached hydrogens (primary N) is 1. The van der Waals surface area contributed by atoms with Gasteiger partial charge < -0.3 is 5.73 Å². The first kappa shape index (κ1) is 14.3. The van der Waals surface area contributed by atoms with Crippen molar-refractivity contribution < 1.29 is 4.39 Å². The molecule has 0 aromatic heterocycles. The van der Waals surface area contributed by atoms with Crippen LogP contribution < -0.4 is 5.73 Å². The Morgan fingerprint density at radius 3 is 2.38 bits per heavy atom. The van der Waals surface area contributed by atoms with Crippen molar-refractivity contribution in [1.82, 2.24) is 0 Å². The van der Waals surface area contributed by atoms with Gasteiger partial charge in [-0.15, -0.1) is 0 Å². The second-order valence-electron chi connectivity index (χ2n) is 6.32. The topological polar surface area (TPSA) is 26.0 Å². The minimum absolute atomic E-state index is 0.165. The van der Waals surface area contributed by atoms with Crippen LogP contribution in [-0.4, -0.2) is 0 Å². The van der Waals surface area contributed by atoms with Crippen molar-refractivity contribution in [3.05, 3.63) is 71.0 Å². The molecule has 3 rings (SSSR count). The SMILES string of the molecule is Cc1ccc(F)c(C2(N)CCC(c3ccccc3)CC2)c1. The normalized spacial score (nSPS) is 25.8. The van der Waals surface area contributed by atoms with Crippen LogP contribution in [0.4, 0.5) is 4.39 Å². The first-order valence-electron chi connectivity index (χ1n) is 7.69. The maximum atomic E-state index is 14.1. The Bertz CT molecular complexity index is 613. The van der Waals surface area contributed by atoms with Crippen molar-refractivity contribution in [3.63, 3.8) is 0 Å². The molecule has 0 amide bonds. The fraction of sp³-hybridized carbons (Fsp3) is 0.368. The Labute approximate surface area is 126 Å². The van der Waals surface area contributed by atoms with Gasteiger partial charge in [-0.3, -0.25) is 0 Å². The number of aryl methyl sites for hydroxylation is 1. The van der Waals surface area contributed by atoms with Crippen molar-refractivity contribution in [3.8, 4) is 0 Å². The number of halogens is 1. The van der Waals surface area contributed by atoms with Gasteiger partial charge in [0.15, 0.2) is 0 Å². The Morgan fingerprint density at radius 2 is 1.71 bits per heavy atom. The zero-order chi connectivity index (χ0) is 14.9. The summed E-state index contributed by atoms with van der Waals surface area (Å²) in [6, 6.07) is 15.8. The zero-order valence-electron chi connectivity index (χ0n) is 12.5. The first-order valence-corrected chi connectivity index (χ1v) is 7.69. The number of hydrogen-bond donors (Lipinski definition) is 1. The summed E-state index contributed by atoms with van der Waals surface area (Å²) in [6.07, 6.45) is 3.72. The molecule has 0 aliphatic heterocycles. The average molecular weight is 283 g/mol. The molecule has 110 valence electrons. The highest BCUT2D eigenvalue weighted by Gasteiger charge is 2.35. The summed E-state index contributed by atoms with van der Waals surface area (Å²) in [5.74, 6) is 0.386. The molecular weight excluding hydrogens is 261 g/mol. The second kappa shape index (κ2) is 5.61. The maximum Gasteiger partial charge on any atom is 0.128 e. The molecule has 0 bridgehead atoms. The van der Waals surface area contributed by atoms with E-state index in [0.717, 1.165) is 31.2 Å². The molecule has 1 saturated carbocycles. The summed E-state index contributed by atoms with van der Waals surface area (Å²) in [5, 5.41) is 0. The van der Waals surface area contributed by atoms with E-state index < -0.39 is 5.54 Å². The highest BCUT2D eigenvalue weighted by molar-refractivity contribution is 5.32. The van der Waals surface area contributed by atoms with Crippen LogP contribution in [0.1, 0.15) is 48.3 Å². The van der Waals surface area contributed by atoms with Gasteiger partial charge in [-0.25, -0.2) is 4.39 Å². The smallest absolute Gasteiger partial charge is 0.128 e. The molecule has 1 nitrogen and oxygen atoms in total. The molecule has 1 aliphatic rings. The largest absolute Gasteiger partial charge is 0.321 e. The molecule has 2 heteroatoms. The Hall–Kier alpha value is -1.67. The fourth-order valence-corrected chi connectivity index (χ4v) is 3.48. The van der Waals surface area contributed by atoms with Crippen LogP contribution in [0.15, 0.2) is 48.5 Å². The van der Waals surface area contributed by atoms with E-state index in [1.165, 1.54) is 5.56 Å². The van der Waals surface area contributed by atoms with Gasteiger partial charge in [0.05, 0.1) is 0 Å². The predicted octanol–water partition coefficient (Wildman–Crippen LogP) is 4.65. The fourth-order valence-electron chi connectivity index (χ4n) is 3.48. The van der Waals surface area contributed by atoms with E-state index in [2.05, 4.69) is 24.3 Å². The molecule has 1 aliphatic carbocycles. The molecule has 2 N–H and O–H groups in total. The van der Waals surface area contributed by atoms with Crippen LogP contribution in [0.25, 0.3) is 0 Å². The summed E-state index contributed by atoms with van der Waals surface area (Å²) in [4.78, 5) is 0. The molecule has 21 heavy (non-hydrogen) atoms. The molecule has 2 aromatic rings. The van der Waals surface area contributed by atoms with E-state index in [1.807, 2.05) is 19.1 Å². The van der Waals surface area contributed by atoms with E-state index >= 15 is 0 Å². The summed E-state index contributed by atoms with van der Waals surface area (Å²) in [5.41, 5.74) is 9.18. The second-order valence-corrected chi connectivity index (χ2v) is 6.32. The predicted molar refractivity (Wildman–Crippen MR) is 84.7 cm³/mol. The Morgan fingerprint density at radius 1 is 1.05 bits per heavy atom. The number of rotatable bonds is 2. The van der Waals surface area contributed by atoms with Gasteiger partial charge in [0.1, 0.15) is 5.82 Å². The minimum Gasteiger partial charge on any atom is -0.321 e. The monoisotopic (exact) mass is 283 g/mol. The van der Waals surface area contributed by atoms with Crippen LogP contribution in [0.3, 0.4) is 0 Å². The van der Waals surface area contributed by atoms with E-state index in [0.29, 0.717) is 11.5 Å². The average Bonchev–Trinajstić information content (AvgIpc) is 2.51. The molecule has 2 aromatic carbocycles. The Kier molecular flexibility index (Phi) is 3.81. The molecule has 0 heterocycles. The lowest BCUT2D eigenvalue weighted by molar-refractivity contribution is 0.269. The van der Waals surface area contributed by atoms with Crippen molar-refractivity contribution in [2.75, 3.05) is 0 Å². The van der Waals surface area contributed by atoms with Gasteiger partial charge in [-0.2, -0.15) is 0 Å². The van der Waals surface area contributed by atoms with Crippen LogP contribution in [-0.2, 0) is 5.54 Å². The first-order chi connectivity index (χ1) is 10.1. The van der Waals surface area contributed by atoms with E-state index in [1.54, 1.807) is 12.1 Å². The highest BCUT2D eigenvalue weighted by Crippen LogP contribution is 2.42. The third kappa shape index (κ3) is 2.86. The lowest BCUT2D eigenvalue weighted by Gasteiger charge is -2.38. The summed E-state index contributed by atoms with van der Waals surface area (Å²) in [7, 11) is 0. The number of hydrogen-bond acceptors (Lipinski definition) is 1. The van der Waals surface area contributed by atoms with Gasteiger partial charge in [0.25, 0.3) is 0 Å². The summed E-state index contributed by atoms with van der Waals surface area (Å²) in [6.45, 7) is 1.99. The quantitative estimate of drug-likeness (QED) is 0.853. The third-order valence-corrected chi connectivity index (χ3v) is 4.81. The van der Waals surface area contributed by atoms with E-state index in [-0.39, 0.29) is 5.82 Å². The third-order valence-electron chi connectivity index (χ3n) is 4.81. The van der Waals surface area contributed by atoms with Crippen LogP contribution in [0.5, 0.6) is 0 Å².